The first-order valence-corrected chi connectivity index (χ1v) is 7.59. The molecule has 1 heterocycles. The Balaban J connectivity index is 2.03. The van der Waals surface area contributed by atoms with Crippen LogP contribution in [0.3, 0.4) is 0 Å². The lowest BCUT2D eigenvalue weighted by molar-refractivity contribution is 0.639. The number of nitrogens with zero attached hydrogens (tertiary/aromatic N) is 2. The van der Waals surface area contributed by atoms with Gasteiger partial charge in [0.25, 0.3) is 0 Å². The lowest BCUT2D eigenvalue weighted by atomic mass is 10.1. The molecule has 1 fully saturated rings. The third-order valence-electron chi connectivity index (χ3n) is 3.38. The zero-order valence-corrected chi connectivity index (χ0v) is 12.4. The van der Waals surface area contributed by atoms with Crippen molar-refractivity contribution in [3.05, 3.63) is 11.9 Å². The third-order valence-corrected chi connectivity index (χ3v) is 3.38. The largest absolute Gasteiger partial charge is 0.370 e. The van der Waals surface area contributed by atoms with Crippen molar-refractivity contribution in [2.75, 3.05) is 17.2 Å². The van der Waals surface area contributed by atoms with Crippen molar-refractivity contribution in [3.8, 4) is 0 Å². The molecule has 0 amide bonds. The van der Waals surface area contributed by atoms with Crippen molar-refractivity contribution in [2.24, 2.45) is 5.92 Å². The van der Waals surface area contributed by atoms with Crippen LogP contribution >= 0.6 is 0 Å². The molecular weight excluding hydrogens is 236 g/mol. The quantitative estimate of drug-likeness (QED) is 0.753. The maximum Gasteiger partial charge on any atom is 0.133 e. The number of nitrogens with one attached hydrogen (secondary N) is 2. The van der Waals surface area contributed by atoms with Gasteiger partial charge in [0.15, 0.2) is 0 Å². The Morgan fingerprint density at radius 3 is 2.63 bits per heavy atom. The number of rotatable bonds is 8. The fourth-order valence-electron chi connectivity index (χ4n) is 2.34. The van der Waals surface area contributed by atoms with Gasteiger partial charge in [-0.05, 0) is 32.6 Å². The molecule has 2 N–H and O–H groups in total. The minimum absolute atomic E-state index is 0.492. The summed E-state index contributed by atoms with van der Waals surface area (Å²) >= 11 is 0. The van der Waals surface area contributed by atoms with Crippen LogP contribution in [-0.4, -0.2) is 22.6 Å². The first-order valence-electron chi connectivity index (χ1n) is 7.59. The van der Waals surface area contributed by atoms with E-state index in [2.05, 4.69) is 41.4 Å². The molecule has 1 aliphatic carbocycles. The first-order chi connectivity index (χ1) is 9.21. The summed E-state index contributed by atoms with van der Waals surface area (Å²) in [5.74, 6) is 3.76. The van der Waals surface area contributed by atoms with Crippen molar-refractivity contribution in [2.45, 2.75) is 58.9 Å². The Bertz CT molecular complexity index is 377. The second-order valence-electron chi connectivity index (χ2n) is 5.56. The zero-order valence-electron chi connectivity index (χ0n) is 12.4. The second-order valence-corrected chi connectivity index (χ2v) is 5.56. The van der Waals surface area contributed by atoms with E-state index >= 15 is 0 Å². The SMILES string of the molecule is CCCc1nc(NCC)cc(NC(C)CC2CC2)n1. The highest BCUT2D eigenvalue weighted by Gasteiger charge is 2.23. The molecule has 0 spiro atoms. The fourth-order valence-corrected chi connectivity index (χ4v) is 2.34. The summed E-state index contributed by atoms with van der Waals surface area (Å²) in [5.41, 5.74) is 0. The lowest BCUT2D eigenvalue weighted by Gasteiger charge is -2.15. The van der Waals surface area contributed by atoms with Crippen LogP contribution < -0.4 is 10.6 Å². The van der Waals surface area contributed by atoms with Crippen molar-refractivity contribution in [1.82, 2.24) is 9.97 Å². The Morgan fingerprint density at radius 1 is 1.26 bits per heavy atom. The van der Waals surface area contributed by atoms with Gasteiger partial charge in [0, 0.05) is 25.1 Å². The summed E-state index contributed by atoms with van der Waals surface area (Å²) in [6, 6.07) is 2.51. The predicted molar refractivity (Wildman–Crippen MR) is 80.6 cm³/mol. The van der Waals surface area contributed by atoms with E-state index < -0.39 is 0 Å². The third kappa shape index (κ3) is 4.69. The Morgan fingerprint density at radius 2 is 2.00 bits per heavy atom. The Hall–Kier alpha value is -1.32. The molecule has 1 aromatic heterocycles. The van der Waals surface area contributed by atoms with Gasteiger partial charge >= 0.3 is 0 Å². The maximum atomic E-state index is 4.61. The van der Waals surface area contributed by atoms with Gasteiger partial charge in [0.2, 0.25) is 0 Å². The smallest absolute Gasteiger partial charge is 0.133 e. The molecule has 0 aromatic carbocycles. The molecule has 0 radical (unpaired) electrons. The molecule has 1 unspecified atom stereocenters. The van der Waals surface area contributed by atoms with E-state index in [-0.39, 0.29) is 0 Å². The van der Waals surface area contributed by atoms with Crippen LogP contribution in [-0.2, 0) is 6.42 Å². The first kappa shape index (κ1) is 14.1. The van der Waals surface area contributed by atoms with E-state index in [0.717, 1.165) is 42.8 Å². The number of anilines is 2. The highest BCUT2D eigenvalue weighted by atomic mass is 15.1. The molecule has 0 bridgehead atoms. The van der Waals surface area contributed by atoms with Gasteiger partial charge in [-0.3, -0.25) is 0 Å². The van der Waals surface area contributed by atoms with Crippen LogP contribution in [0.25, 0.3) is 0 Å². The monoisotopic (exact) mass is 262 g/mol. The van der Waals surface area contributed by atoms with E-state index in [9.17, 15) is 0 Å². The van der Waals surface area contributed by atoms with Crippen LogP contribution in [0.1, 0.15) is 52.3 Å². The van der Waals surface area contributed by atoms with Crippen LogP contribution in [0.4, 0.5) is 11.6 Å². The Labute approximate surface area is 116 Å². The Kier molecular flexibility index (Phi) is 5.00. The van der Waals surface area contributed by atoms with E-state index in [1.807, 2.05) is 6.07 Å². The molecule has 106 valence electrons. The van der Waals surface area contributed by atoms with Crippen LogP contribution in [0.2, 0.25) is 0 Å². The zero-order chi connectivity index (χ0) is 13.7. The normalized spacial score (nSPS) is 16.2. The van der Waals surface area contributed by atoms with Gasteiger partial charge in [0.1, 0.15) is 17.5 Å². The average Bonchev–Trinajstić information content (AvgIpc) is 3.13. The number of hydrogen-bond donors (Lipinski definition) is 2. The second kappa shape index (κ2) is 6.73. The minimum atomic E-state index is 0.492. The van der Waals surface area contributed by atoms with Crippen LogP contribution in [0.5, 0.6) is 0 Å². The molecule has 2 rings (SSSR count). The van der Waals surface area contributed by atoms with Gasteiger partial charge in [-0.1, -0.05) is 19.8 Å². The molecule has 1 aliphatic rings. The van der Waals surface area contributed by atoms with Gasteiger partial charge < -0.3 is 10.6 Å². The molecule has 0 saturated heterocycles. The predicted octanol–water partition coefficient (Wildman–Crippen LogP) is 3.46. The molecule has 4 heteroatoms. The minimum Gasteiger partial charge on any atom is -0.370 e. The van der Waals surface area contributed by atoms with Gasteiger partial charge in [0.05, 0.1) is 0 Å². The van der Waals surface area contributed by atoms with Crippen molar-refractivity contribution < 1.29 is 0 Å². The summed E-state index contributed by atoms with van der Waals surface area (Å²) in [6.07, 6.45) is 6.07. The van der Waals surface area contributed by atoms with Crippen LogP contribution in [0, 0.1) is 5.92 Å². The summed E-state index contributed by atoms with van der Waals surface area (Å²) in [7, 11) is 0. The summed E-state index contributed by atoms with van der Waals surface area (Å²) in [6.45, 7) is 7.38. The molecular formula is C15H26N4. The molecule has 1 saturated carbocycles. The average molecular weight is 262 g/mol. The van der Waals surface area contributed by atoms with Crippen LogP contribution in [0.15, 0.2) is 6.07 Å². The van der Waals surface area contributed by atoms with Crippen molar-refractivity contribution in [1.29, 1.82) is 0 Å². The van der Waals surface area contributed by atoms with Crippen molar-refractivity contribution >= 4 is 11.6 Å². The van der Waals surface area contributed by atoms with E-state index in [4.69, 9.17) is 0 Å². The highest BCUT2D eigenvalue weighted by Crippen LogP contribution is 2.34. The highest BCUT2D eigenvalue weighted by molar-refractivity contribution is 5.48. The van der Waals surface area contributed by atoms with Gasteiger partial charge in [-0.25, -0.2) is 9.97 Å². The molecule has 4 nitrogen and oxygen atoms in total. The van der Waals surface area contributed by atoms with Gasteiger partial charge in [-0.15, -0.1) is 0 Å². The van der Waals surface area contributed by atoms with E-state index in [1.54, 1.807) is 0 Å². The summed E-state index contributed by atoms with van der Waals surface area (Å²) in [4.78, 5) is 9.14. The van der Waals surface area contributed by atoms with Crippen molar-refractivity contribution in [3.63, 3.8) is 0 Å². The molecule has 1 aromatic rings. The molecule has 0 aliphatic heterocycles. The number of aryl methyl sites for hydroxylation is 1. The summed E-state index contributed by atoms with van der Waals surface area (Å²) in [5, 5.41) is 6.80. The standard InChI is InChI=1S/C15H26N4/c1-4-6-13-18-14(16-5-2)10-15(19-13)17-11(3)9-12-7-8-12/h10-12H,4-9H2,1-3H3,(H2,16,17,18,19). The molecule has 1 atom stereocenters. The van der Waals surface area contributed by atoms with Gasteiger partial charge in [-0.2, -0.15) is 0 Å². The summed E-state index contributed by atoms with van der Waals surface area (Å²) < 4.78 is 0. The maximum absolute atomic E-state index is 4.61. The van der Waals surface area contributed by atoms with E-state index in [1.165, 1.54) is 19.3 Å². The number of aromatic nitrogens is 2. The van der Waals surface area contributed by atoms with E-state index in [0.29, 0.717) is 6.04 Å². The number of hydrogen-bond acceptors (Lipinski definition) is 4. The fraction of sp³-hybridized carbons (Fsp3) is 0.733. The lowest BCUT2D eigenvalue weighted by Crippen LogP contribution is -2.18. The topological polar surface area (TPSA) is 49.8 Å². The molecule has 19 heavy (non-hydrogen) atoms.